The van der Waals surface area contributed by atoms with Gasteiger partial charge in [-0.25, -0.2) is 4.79 Å². The van der Waals surface area contributed by atoms with Crippen molar-refractivity contribution in [2.45, 2.75) is 64.3 Å². The van der Waals surface area contributed by atoms with Crippen molar-refractivity contribution in [3.8, 4) is 0 Å². The van der Waals surface area contributed by atoms with Gasteiger partial charge in [0.15, 0.2) is 0 Å². The number of amides is 1. The molecule has 1 unspecified atom stereocenters. The van der Waals surface area contributed by atoms with Crippen molar-refractivity contribution >= 4 is 11.9 Å². The Hall–Kier alpha value is -1.10. The Bertz CT molecular complexity index is 395. The van der Waals surface area contributed by atoms with Crippen molar-refractivity contribution in [2.75, 3.05) is 13.2 Å². The summed E-state index contributed by atoms with van der Waals surface area (Å²) in [5, 5.41) is 12.5. The van der Waals surface area contributed by atoms with E-state index < -0.39 is 11.5 Å². The molecule has 0 spiro atoms. The number of nitrogens with one attached hydrogen (secondary N) is 1. The molecule has 2 N–H and O–H groups in total. The summed E-state index contributed by atoms with van der Waals surface area (Å²) >= 11 is 0. The third kappa shape index (κ3) is 3.80. The summed E-state index contributed by atoms with van der Waals surface area (Å²) in [5.74, 6) is -0.244. The fourth-order valence-corrected chi connectivity index (χ4v) is 3.75. The van der Waals surface area contributed by atoms with Crippen LogP contribution in [0.15, 0.2) is 0 Å². The van der Waals surface area contributed by atoms with Gasteiger partial charge in [-0.05, 0) is 50.4 Å². The van der Waals surface area contributed by atoms with Crippen LogP contribution in [-0.4, -0.2) is 35.7 Å². The third-order valence-corrected chi connectivity index (χ3v) is 5.69. The van der Waals surface area contributed by atoms with Crippen LogP contribution in [0.4, 0.5) is 0 Å². The second kappa shape index (κ2) is 7.44. The molecule has 1 heterocycles. The molecule has 1 amide bonds. The van der Waals surface area contributed by atoms with Crippen molar-refractivity contribution < 1.29 is 19.4 Å². The second-order valence-electron chi connectivity index (χ2n) is 6.97. The molecule has 1 aliphatic carbocycles. The number of carbonyl (C=O) groups is 2. The highest BCUT2D eigenvalue weighted by atomic mass is 16.5. The summed E-state index contributed by atoms with van der Waals surface area (Å²) in [6, 6.07) is 0. The summed E-state index contributed by atoms with van der Waals surface area (Å²) in [4.78, 5) is 24.3. The zero-order valence-electron chi connectivity index (χ0n) is 13.8. The largest absolute Gasteiger partial charge is 0.480 e. The van der Waals surface area contributed by atoms with E-state index in [1.165, 1.54) is 0 Å². The minimum absolute atomic E-state index is 0.107. The lowest BCUT2D eigenvalue weighted by molar-refractivity contribution is -0.151. The lowest BCUT2D eigenvalue weighted by Crippen LogP contribution is -2.58. The number of carboxylic acids is 1. The highest BCUT2D eigenvalue weighted by Gasteiger charge is 2.44. The molecule has 5 heteroatoms. The molecular weight excluding hydrogens is 282 g/mol. The maximum atomic E-state index is 12.6. The molecule has 0 radical (unpaired) electrons. The molecule has 0 bridgehead atoms. The quantitative estimate of drug-likeness (QED) is 0.818. The van der Waals surface area contributed by atoms with Gasteiger partial charge >= 0.3 is 5.97 Å². The lowest BCUT2D eigenvalue weighted by atomic mass is 9.75. The minimum Gasteiger partial charge on any atom is -0.480 e. The molecule has 2 rings (SSSR count). The Labute approximate surface area is 132 Å². The zero-order chi connectivity index (χ0) is 16.2. The van der Waals surface area contributed by atoms with Crippen LogP contribution < -0.4 is 5.32 Å². The molecular formula is C17H29NO4. The van der Waals surface area contributed by atoms with E-state index in [-0.39, 0.29) is 11.8 Å². The summed E-state index contributed by atoms with van der Waals surface area (Å²) in [5.41, 5.74) is -1.05. The highest BCUT2D eigenvalue weighted by Crippen LogP contribution is 2.35. The van der Waals surface area contributed by atoms with Gasteiger partial charge in [0.1, 0.15) is 5.54 Å². The number of carboxylic acid groups (broad SMARTS) is 1. The van der Waals surface area contributed by atoms with Crippen molar-refractivity contribution in [2.24, 2.45) is 17.8 Å². The van der Waals surface area contributed by atoms with Gasteiger partial charge < -0.3 is 15.2 Å². The van der Waals surface area contributed by atoms with E-state index in [2.05, 4.69) is 12.2 Å². The van der Waals surface area contributed by atoms with Crippen LogP contribution in [0.5, 0.6) is 0 Å². The molecule has 1 atom stereocenters. The number of carbonyl (C=O) groups excluding carboxylic acids is 1. The first-order chi connectivity index (χ1) is 10.5. The normalized spacial score (nSPS) is 31.5. The average Bonchev–Trinajstić information content (AvgIpc) is 2.55. The molecule has 2 aliphatic rings. The first kappa shape index (κ1) is 17.3. The third-order valence-electron chi connectivity index (χ3n) is 5.69. The zero-order valence-corrected chi connectivity index (χ0v) is 13.8. The van der Waals surface area contributed by atoms with E-state index in [1.807, 2.05) is 6.92 Å². The molecule has 0 aromatic heterocycles. The minimum atomic E-state index is -1.05. The maximum Gasteiger partial charge on any atom is 0.329 e. The van der Waals surface area contributed by atoms with E-state index in [1.54, 1.807) is 0 Å². The van der Waals surface area contributed by atoms with Crippen LogP contribution in [-0.2, 0) is 14.3 Å². The van der Waals surface area contributed by atoms with Gasteiger partial charge in [0.25, 0.3) is 0 Å². The van der Waals surface area contributed by atoms with E-state index in [0.717, 1.165) is 32.1 Å². The molecule has 126 valence electrons. The van der Waals surface area contributed by atoms with Crippen LogP contribution in [0.3, 0.4) is 0 Å². The topological polar surface area (TPSA) is 75.6 Å². The van der Waals surface area contributed by atoms with Crippen molar-refractivity contribution in [3.05, 3.63) is 0 Å². The monoisotopic (exact) mass is 311 g/mol. The molecule has 1 aliphatic heterocycles. The fourth-order valence-electron chi connectivity index (χ4n) is 3.75. The van der Waals surface area contributed by atoms with Crippen molar-refractivity contribution in [1.29, 1.82) is 0 Å². The van der Waals surface area contributed by atoms with Crippen molar-refractivity contribution in [1.82, 2.24) is 5.32 Å². The SMILES string of the molecule is CCC1CCC(NC(=O)C(C)C2CCOCC2)(C(=O)O)CC1. The maximum absolute atomic E-state index is 12.6. The Morgan fingerprint density at radius 3 is 2.32 bits per heavy atom. The predicted octanol–water partition coefficient (Wildman–Crippen LogP) is 2.59. The summed E-state index contributed by atoms with van der Waals surface area (Å²) < 4.78 is 5.34. The summed E-state index contributed by atoms with van der Waals surface area (Å²) in [6.07, 6.45) is 5.71. The van der Waals surface area contributed by atoms with Gasteiger partial charge in [0.2, 0.25) is 5.91 Å². The van der Waals surface area contributed by atoms with Gasteiger partial charge in [-0.1, -0.05) is 20.3 Å². The standard InChI is InChI=1S/C17H29NO4/c1-3-13-4-8-17(9-5-13,16(20)21)18-15(19)12(2)14-6-10-22-11-7-14/h12-14H,3-11H2,1-2H3,(H,18,19)(H,20,21). The predicted molar refractivity (Wildman–Crippen MR) is 83.5 cm³/mol. The van der Waals surface area contributed by atoms with Crippen molar-refractivity contribution in [3.63, 3.8) is 0 Å². The van der Waals surface area contributed by atoms with Gasteiger partial charge in [-0.2, -0.15) is 0 Å². The molecule has 1 saturated heterocycles. The second-order valence-corrected chi connectivity index (χ2v) is 6.97. The van der Waals surface area contributed by atoms with E-state index in [4.69, 9.17) is 4.74 Å². The fraction of sp³-hybridized carbons (Fsp3) is 0.882. The first-order valence-electron chi connectivity index (χ1n) is 8.61. The molecule has 0 aromatic rings. The van der Waals surface area contributed by atoms with Crippen LogP contribution >= 0.6 is 0 Å². The number of rotatable bonds is 5. The average molecular weight is 311 g/mol. The molecule has 2 fully saturated rings. The Balaban J connectivity index is 1.98. The van der Waals surface area contributed by atoms with Crippen LogP contribution in [0.1, 0.15) is 58.8 Å². The van der Waals surface area contributed by atoms with E-state index in [9.17, 15) is 14.7 Å². The Morgan fingerprint density at radius 2 is 1.82 bits per heavy atom. The van der Waals surface area contributed by atoms with Gasteiger partial charge in [-0.3, -0.25) is 4.79 Å². The lowest BCUT2D eigenvalue weighted by Gasteiger charge is -2.38. The molecule has 5 nitrogen and oxygen atoms in total. The smallest absolute Gasteiger partial charge is 0.329 e. The first-order valence-corrected chi connectivity index (χ1v) is 8.61. The van der Waals surface area contributed by atoms with Gasteiger partial charge in [-0.15, -0.1) is 0 Å². The summed E-state index contributed by atoms with van der Waals surface area (Å²) in [7, 11) is 0. The molecule has 22 heavy (non-hydrogen) atoms. The molecule has 1 saturated carbocycles. The van der Waals surface area contributed by atoms with Crippen LogP contribution in [0.25, 0.3) is 0 Å². The van der Waals surface area contributed by atoms with Gasteiger partial charge in [0.05, 0.1) is 0 Å². The number of ether oxygens (including phenoxy) is 1. The highest BCUT2D eigenvalue weighted by molar-refractivity contribution is 5.88. The van der Waals surface area contributed by atoms with E-state index in [0.29, 0.717) is 37.9 Å². The number of aliphatic carboxylic acids is 1. The molecule has 0 aromatic carbocycles. The van der Waals surface area contributed by atoms with Crippen LogP contribution in [0, 0.1) is 17.8 Å². The Morgan fingerprint density at radius 1 is 1.23 bits per heavy atom. The summed E-state index contributed by atoms with van der Waals surface area (Å²) in [6.45, 7) is 5.46. The number of hydrogen-bond acceptors (Lipinski definition) is 3. The van der Waals surface area contributed by atoms with Crippen LogP contribution in [0.2, 0.25) is 0 Å². The van der Waals surface area contributed by atoms with E-state index >= 15 is 0 Å². The Kier molecular flexibility index (Phi) is 5.84. The number of hydrogen-bond donors (Lipinski definition) is 2. The van der Waals surface area contributed by atoms with Gasteiger partial charge in [0, 0.05) is 19.1 Å².